The highest BCUT2D eigenvalue weighted by Crippen LogP contribution is 2.19. The lowest BCUT2D eigenvalue weighted by Crippen LogP contribution is -1.85. The number of benzene rings is 2. The number of halogens is 1. The number of hydrogen-bond donors (Lipinski definition) is 0. The zero-order chi connectivity index (χ0) is 16.4. The van der Waals surface area contributed by atoms with Crippen LogP contribution in [0, 0.1) is 10.1 Å². The Hall–Kier alpha value is -2.08. The van der Waals surface area contributed by atoms with Gasteiger partial charge in [-0.3, -0.25) is 10.1 Å². The minimum atomic E-state index is -0.484. The summed E-state index contributed by atoms with van der Waals surface area (Å²) < 4.78 is 0.999. The predicted octanol–water partition coefficient (Wildman–Crippen LogP) is 5.51. The zero-order valence-electron chi connectivity index (χ0n) is 11.0. The quantitative estimate of drug-likeness (QED) is 0.298. The maximum Gasteiger partial charge on any atom is 0.271 e. The van der Waals surface area contributed by atoms with Crippen molar-refractivity contribution in [2.75, 3.05) is 0 Å². The Labute approximate surface area is 145 Å². The lowest BCUT2D eigenvalue weighted by molar-refractivity contribution is -0.384. The van der Waals surface area contributed by atoms with Gasteiger partial charge in [-0.15, -0.1) is 0 Å². The molecule has 0 saturated heterocycles. The molecule has 0 saturated carbocycles. The van der Waals surface area contributed by atoms with Gasteiger partial charge in [0.25, 0.3) is 5.69 Å². The van der Waals surface area contributed by atoms with Crippen LogP contribution in [-0.4, -0.2) is 15.2 Å². The molecule has 0 aromatic heterocycles. The first kappa shape index (κ1) is 18.0. The van der Waals surface area contributed by atoms with Crippen molar-refractivity contribution in [1.82, 2.24) is 0 Å². The summed E-state index contributed by atoms with van der Waals surface area (Å²) >= 11 is 12.1. The minimum Gasteiger partial charge on any atom is -0.258 e. The molecule has 22 heavy (non-hydrogen) atoms. The highest BCUT2D eigenvalue weighted by molar-refractivity contribution is 9.10. The van der Waals surface area contributed by atoms with E-state index < -0.39 is 4.92 Å². The molecule has 2 aromatic rings. The fourth-order valence-electron chi connectivity index (χ4n) is 1.33. The molecule has 8 heteroatoms. The Balaban J connectivity index is 0.000000224. The normalized spacial score (nSPS) is 8.59. The molecule has 0 atom stereocenters. The number of nitro benzene ring substituents is 1. The Morgan fingerprint density at radius 1 is 1.00 bits per heavy atom. The van der Waals surface area contributed by atoms with Crippen LogP contribution >= 0.6 is 40.4 Å². The molecule has 0 N–H and O–H groups in total. The van der Waals surface area contributed by atoms with Crippen molar-refractivity contribution in [2.24, 2.45) is 9.98 Å². The summed E-state index contributed by atoms with van der Waals surface area (Å²) in [4.78, 5) is 17.2. The average molecular weight is 394 g/mol. The molecule has 0 spiro atoms. The number of hydrogen-bond acceptors (Lipinski definition) is 6. The molecule has 0 bridgehead atoms. The highest BCUT2D eigenvalue weighted by Gasteiger charge is 2.03. The van der Waals surface area contributed by atoms with E-state index in [-0.39, 0.29) is 5.69 Å². The van der Waals surface area contributed by atoms with E-state index in [1.54, 1.807) is 12.1 Å². The molecule has 0 fully saturated rings. The topological polar surface area (TPSA) is 67.9 Å². The smallest absolute Gasteiger partial charge is 0.258 e. The fraction of sp³-hybridized carbons (Fsp3) is 0. The second-order valence-corrected chi connectivity index (χ2v) is 4.94. The number of isothiocyanates is 2. The Bertz CT molecular complexity index is 753. The predicted molar refractivity (Wildman–Crippen MR) is 96.6 cm³/mol. The van der Waals surface area contributed by atoms with Gasteiger partial charge >= 0.3 is 0 Å². The van der Waals surface area contributed by atoms with Crippen LogP contribution in [-0.2, 0) is 0 Å². The molecular weight excluding hydrogens is 386 g/mol. The monoisotopic (exact) mass is 393 g/mol. The molecule has 0 aliphatic heterocycles. The van der Waals surface area contributed by atoms with Gasteiger partial charge in [-0.05, 0) is 48.7 Å². The van der Waals surface area contributed by atoms with E-state index in [9.17, 15) is 10.1 Å². The Morgan fingerprint density at radius 3 is 2.05 bits per heavy atom. The molecule has 0 amide bonds. The second kappa shape index (κ2) is 9.78. The van der Waals surface area contributed by atoms with Crippen molar-refractivity contribution in [3.05, 3.63) is 63.1 Å². The summed E-state index contributed by atoms with van der Waals surface area (Å²) in [5.74, 6) is 0. The van der Waals surface area contributed by atoms with E-state index in [0.717, 1.165) is 10.2 Å². The highest BCUT2D eigenvalue weighted by atomic mass is 79.9. The molecule has 0 aliphatic carbocycles. The van der Waals surface area contributed by atoms with Gasteiger partial charge in [-0.2, -0.15) is 9.98 Å². The Kier molecular flexibility index (Phi) is 7.99. The van der Waals surface area contributed by atoms with Crippen molar-refractivity contribution in [3.8, 4) is 0 Å². The molecule has 0 radical (unpaired) electrons. The van der Waals surface area contributed by atoms with E-state index in [4.69, 9.17) is 0 Å². The van der Waals surface area contributed by atoms with Gasteiger partial charge in [0.15, 0.2) is 0 Å². The maximum atomic E-state index is 10.3. The van der Waals surface area contributed by atoms with Gasteiger partial charge in [0, 0.05) is 16.6 Å². The van der Waals surface area contributed by atoms with Crippen LogP contribution < -0.4 is 0 Å². The van der Waals surface area contributed by atoms with E-state index in [1.165, 1.54) is 12.1 Å². The molecule has 2 aromatic carbocycles. The van der Waals surface area contributed by atoms with Crippen molar-refractivity contribution in [1.29, 1.82) is 0 Å². The van der Waals surface area contributed by atoms with Gasteiger partial charge < -0.3 is 0 Å². The number of non-ortho nitro benzene ring substituents is 1. The van der Waals surface area contributed by atoms with Crippen LogP contribution in [0.15, 0.2) is 63.0 Å². The maximum absolute atomic E-state index is 10.3. The molecule has 0 unspecified atom stereocenters. The van der Waals surface area contributed by atoms with Crippen LogP contribution in [0.1, 0.15) is 0 Å². The van der Waals surface area contributed by atoms with E-state index in [1.807, 2.05) is 24.3 Å². The van der Waals surface area contributed by atoms with Gasteiger partial charge in [-0.1, -0.05) is 28.1 Å². The number of rotatable bonds is 3. The summed E-state index contributed by atoms with van der Waals surface area (Å²) in [7, 11) is 0. The van der Waals surface area contributed by atoms with E-state index in [0.29, 0.717) is 5.69 Å². The van der Waals surface area contributed by atoms with Crippen LogP contribution in [0.5, 0.6) is 0 Å². The van der Waals surface area contributed by atoms with Crippen LogP contribution in [0.25, 0.3) is 0 Å². The molecular formula is C14H8BrN3O2S2. The molecule has 110 valence electrons. The van der Waals surface area contributed by atoms with Crippen LogP contribution in [0.2, 0.25) is 0 Å². The van der Waals surface area contributed by atoms with Gasteiger partial charge in [0.05, 0.1) is 26.6 Å². The van der Waals surface area contributed by atoms with Crippen molar-refractivity contribution in [3.63, 3.8) is 0 Å². The first-order chi connectivity index (χ1) is 10.6. The van der Waals surface area contributed by atoms with Crippen molar-refractivity contribution < 1.29 is 4.92 Å². The minimum absolute atomic E-state index is 0.00139. The van der Waals surface area contributed by atoms with Crippen molar-refractivity contribution in [2.45, 2.75) is 0 Å². The van der Waals surface area contributed by atoms with Gasteiger partial charge in [0.1, 0.15) is 0 Å². The summed E-state index contributed by atoms with van der Waals surface area (Å²) in [5.41, 5.74) is 1.27. The summed E-state index contributed by atoms with van der Waals surface area (Å²) in [6, 6.07) is 13.5. The summed E-state index contributed by atoms with van der Waals surface area (Å²) in [5, 5.41) is 14.7. The molecule has 5 nitrogen and oxygen atoms in total. The SMILES string of the molecule is O=[N+]([O-])c1cccc(N=C=S)c1.S=C=Nc1cccc(Br)c1. The Morgan fingerprint density at radius 2 is 1.55 bits per heavy atom. The van der Waals surface area contributed by atoms with E-state index in [2.05, 4.69) is 60.7 Å². The average Bonchev–Trinajstić information content (AvgIpc) is 2.49. The van der Waals surface area contributed by atoms with E-state index >= 15 is 0 Å². The third-order valence-corrected chi connectivity index (χ3v) is 2.87. The number of nitro groups is 1. The van der Waals surface area contributed by atoms with Gasteiger partial charge in [-0.25, -0.2) is 0 Å². The first-order valence-corrected chi connectivity index (χ1v) is 7.33. The van der Waals surface area contributed by atoms with Gasteiger partial charge in [0.2, 0.25) is 0 Å². The third-order valence-electron chi connectivity index (χ3n) is 2.20. The number of thiocarbonyl (C=S) groups is 2. The van der Waals surface area contributed by atoms with Crippen molar-refractivity contribution >= 4 is 67.8 Å². The second-order valence-electron chi connectivity index (χ2n) is 3.66. The molecule has 0 aliphatic rings. The molecule has 0 heterocycles. The standard InChI is InChI=1S/C7H4BrNS.C7H4N2O2S/c8-6-2-1-3-7(4-6)9-5-10;10-9(11)7-3-1-2-6(4-7)8-5-12/h1-4H;1-4H. The number of nitrogens with zero attached hydrogens (tertiary/aromatic N) is 3. The molecule has 2 rings (SSSR count). The lowest BCUT2D eigenvalue weighted by atomic mass is 10.3. The van der Waals surface area contributed by atoms with Crippen LogP contribution in [0.4, 0.5) is 17.1 Å². The largest absolute Gasteiger partial charge is 0.271 e. The third kappa shape index (κ3) is 6.58. The number of aliphatic imine (C=N–C) groups is 2. The summed E-state index contributed by atoms with van der Waals surface area (Å²) in [6.07, 6.45) is 0. The lowest BCUT2D eigenvalue weighted by Gasteiger charge is -1.90. The fourth-order valence-corrected chi connectivity index (χ4v) is 1.93. The first-order valence-electron chi connectivity index (χ1n) is 5.72. The zero-order valence-corrected chi connectivity index (χ0v) is 14.2. The summed E-state index contributed by atoms with van der Waals surface area (Å²) in [6.45, 7) is 0. The van der Waals surface area contributed by atoms with Crippen LogP contribution in [0.3, 0.4) is 0 Å².